The molecule has 14 heavy (non-hydrogen) atoms. The largest absolute Gasteiger partial charge is 0.449 e. The van der Waals surface area contributed by atoms with Gasteiger partial charge < -0.3 is 5.02 Å². The van der Waals surface area contributed by atoms with Crippen LogP contribution < -0.4 is 5.46 Å². The summed E-state index contributed by atoms with van der Waals surface area (Å²) in [6.45, 7) is 0. The van der Waals surface area contributed by atoms with E-state index in [1.54, 1.807) is 12.4 Å². The smallest absolute Gasteiger partial charge is 0.306 e. The molecule has 0 unspecified atom stereocenters. The minimum absolute atomic E-state index is 0.0354. The number of aromatic nitrogens is 1. The molecule has 0 aliphatic carbocycles. The molecule has 0 bridgehead atoms. The zero-order valence-electron chi connectivity index (χ0n) is 7.72. The molecule has 0 atom stereocenters. The van der Waals surface area contributed by atoms with Crippen molar-refractivity contribution in [2.45, 2.75) is 0 Å². The van der Waals surface area contributed by atoms with Crippen molar-refractivity contribution in [2.24, 2.45) is 0 Å². The van der Waals surface area contributed by atoms with Gasteiger partial charge in [0.2, 0.25) is 0 Å². The van der Waals surface area contributed by atoms with E-state index in [1.807, 2.05) is 36.4 Å². The van der Waals surface area contributed by atoms with Crippen LogP contribution in [0.4, 0.5) is 0 Å². The summed E-state index contributed by atoms with van der Waals surface area (Å²) >= 11 is 0. The van der Waals surface area contributed by atoms with Crippen molar-refractivity contribution in [1.82, 2.24) is 4.98 Å². The fourth-order valence-corrected chi connectivity index (χ4v) is 1.36. The Hall–Kier alpha value is -1.61. The van der Waals surface area contributed by atoms with Gasteiger partial charge in [0.25, 0.3) is 0 Å². The molecule has 1 aromatic heterocycles. The van der Waals surface area contributed by atoms with Crippen LogP contribution in [0.2, 0.25) is 0 Å². The van der Waals surface area contributed by atoms with Gasteiger partial charge in [0.1, 0.15) is 0 Å². The van der Waals surface area contributed by atoms with E-state index < -0.39 is 0 Å². The van der Waals surface area contributed by atoms with Crippen molar-refractivity contribution in [3.05, 3.63) is 48.8 Å². The van der Waals surface area contributed by atoms with Gasteiger partial charge in [-0.2, -0.15) is 0 Å². The average Bonchev–Trinajstić information content (AvgIpc) is 2.30. The fourth-order valence-electron chi connectivity index (χ4n) is 1.36. The Kier molecular flexibility index (Phi) is 2.61. The molecule has 68 valence electrons. The molecular weight excluding hydrogens is 173 g/mol. The van der Waals surface area contributed by atoms with Gasteiger partial charge in [0.15, 0.2) is 0 Å². The highest BCUT2D eigenvalue weighted by molar-refractivity contribution is 6.45. The highest BCUT2D eigenvalue weighted by Gasteiger charge is 1.98. The number of benzene rings is 1. The summed E-state index contributed by atoms with van der Waals surface area (Å²) in [6.07, 6.45) is 3.47. The lowest BCUT2D eigenvalue weighted by Gasteiger charge is -2.01. The lowest BCUT2D eigenvalue weighted by molar-refractivity contribution is 0.615. The van der Waals surface area contributed by atoms with Crippen LogP contribution in [0.1, 0.15) is 0 Å². The Morgan fingerprint density at radius 1 is 1.00 bits per heavy atom. The van der Waals surface area contributed by atoms with E-state index in [9.17, 15) is 0 Å². The quantitative estimate of drug-likeness (QED) is 0.695. The summed E-state index contributed by atoms with van der Waals surface area (Å²) in [5.74, 6) is 0. The van der Waals surface area contributed by atoms with Crippen molar-refractivity contribution in [1.29, 1.82) is 0 Å². The summed E-state index contributed by atoms with van der Waals surface area (Å²) in [4.78, 5) is 4.07. The Morgan fingerprint density at radius 3 is 2.50 bits per heavy atom. The summed E-state index contributed by atoms with van der Waals surface area (Å²) in [6, 6.07) is 12.0. The summed E-state index contributed by atoms with van der Waals surface area (Å²) in [5.41, 5.74) is 3.00. The Bertz CT molecular complexity index is 417. The lowest BCUT2D eigenvalue weighted by atomic mass is 9.89. The molecule has 1 N–H and O–H groups in total. The van der Waals surface area contributed by atoms with Crippen LogP contribution in [0.25, 0.3) is 11.1 Å². The molecule has 0 aliphatic rings. The third kappa shape index (κ3) is 1.83. The first kappa shape index (κ1) is 8.97. The van der Waals surface area contributed by atoms with Gasteiger partial charge in [-0.3, -0.25) is 4.98 Å². The van der Waals surface area contributed by atoms with Gasteiger partial charge >= 0.3 is 7.48 Å². The van der Waals surface area contributed by atoms with E-state index in [0.717, 1.165) is 16.6 Å². The molecule has 0 spiro atoms. The first-order valence-corrected chi connectivity index (χ1v) is 4.50. The standard InChI is InChI=1S/C11H10BNO/c14-12-11-6-10(7-13-8-11)9-4-2-1-3-5-9/h1-8,12,14H. The molecule has 1 heterocycles. The van der Waals surface area contributed by atoms with Crippen molar-refractivity contribution in [3.8, 4) is 11.1 Å². The molecule has 0 fully saturated rings. The first-order valence-electron chi connectivity index (χ1n) is 4.50. The third-order valence-electron chi connectivity index (χ3n) is 2.08. The van der Waals surface area contributed by atoms with Crippen LogP contribution in [-0.2, 0) is 0 Å². The van der Waals surface area contributed by atoms with Crippen LogP contribution in [0.3, 0.4) is 0 Å². The molecule has 0 saturated carbocycles. The normalized spacial score (nSPS) is 9.79. The SMILES string of the molecule is OBc1cncc(-c2ccccc2)c1. The second-order valence-corrected chi connectivity index (χ2v) is 3.11. The maximum atomic E-state index is 8.97. The Balaban J connectivity index is 2.42. The predicted molar refractivity (Wildman–Crippen MR) is 58.7 cm³/mol. The summed E-state index contributed by atoms with van der Waals surface area (Å²) < 4.78 is 0. The molecular formula is C11H10BNO. The molecule has 3 heteroatoms. The number of pyridine rings is 1. The van der Waals surface area contributed by atoms with Crippen LogP contribution in [-0.4, -0.2) is 17.5 Å². The lowest BCUT2D eigenvalue weighted by Crippen LogP contribution is -2.13. The highest BCUT2D eigenvalue weighted by Crippen LogP contribution is 2.15. The summed E-state index contributed by atoms with van der Waals surface area (Å²) in [5, 5.41) is 8.97. The van der Waals surface area contributed by atoms with E-state index in [1.165, 1.54) is 0 Å². The fraction of sp³-hybridized carbons (Fsp3) is 0. The second-order valence-electron chi connectivity index (χ2n) is 3.11. The highest BCUT2D eigenvalue weighted by atomic mass is 16.2. The first-order chi connectivity index (χ1) is 6.90. The van der Waals surface area contributed by atoms with Gasteiger partial charge in [-0.1, -0.05) is 36.4 Å². The minimum atomic E-state index is 0.0354. The number of rotatable bonds is 2. The molecule has 0 aliphatic heterocycles. The van der Waals surface area contributed by atoms with Crippen molar-refractivity contribution in [2.75, 3.05) is 0 Å². The van der Waals surface area contributed by atoms with Crippen LogP contribution in [0, 0.1) is 0 Å². The molecule has 2 nitrogen and oxygen atoms in total. The zero-order chi connectivity index (χ0) is 9.80. The van der Waals surface area contributed by atoms with Crippen LogP contribution >= 0.6 is 0 Å². The monoisotopic (exact) mass is 183 g/mol. The number of nitrogens with zero attached hydrogens (tertiary/aromatic N) is 1. The van der Waals surface area contributed by atoms with Gasteiger partial charge in [-0.25, -0.2) is 0 Å². The van der Waals surface area contributed by atoms with E-state index in [0.29, 0.717) is 0 Å². The molecule has 0 amide bonds. The maximum absolute atomic E-state index is 8.97. The van der Waals surface area contributed by atoms with E-state index in [4.69, 9.17) is 5.02 Å². The van der Waals surface area contributed by atoms with Gasteiger partial charge in [-0.05, 0) is 16.6 Å². The molecule has 2 rings (SSSR count). The van der Waals surface area contributed by atoms with Gasteiger partial charge in [-0.15, -0.1) is 0 Å². The van der Waals surface area contributed by atoms with Gasteiger partial charge in [0.05, 0.1) is 0 Å². The van der Waals surface area contributed by atoms with Crippen molar-refractivity contribution in [3.63, 3.8) is 0 Å². The molecule has 2 aromatic rings. The van der Waals surface area contributed by atoms with Crippen molar-refractivity contribution < 1.29 is 5.02 Å². The van der Waals surface area contributed by atoms with E-state index in [2.05, 4.69) is 4.98 Å². The minimum Gasteiger partial charge on any atom is -0.449 e. The van der Waals surface area contributed by atoms with Crippen LogP contribution in [0.15, 0.2) is 48.8 Å². The van der Waals surface area contributed by atoms with Gasteiger partial charge in [0, 0.05) is 12.4 Å². The van der Waals surface area contributed by atoms with Crippen molar-refractivity contribution >= 4 is 12.9 Å². The molecule has 0 saturated heterocycles. The number of hydrogen-bond donors (Lipinski definition) is 1. The number of hydrogen-bond acceptors (Lipinski definition) is 2. The maximum Gasteiger partial charge on any atom is 0.306 e. The van der Waals surface area contributed by atoms with E-state index in [-0.39, 0.29) is 7.48 Å². The summed E-state index contributed by atoms with van der Waals surface area (Å²) in [7, 11) is 0.0354. The Morgan fingerprint density at radius 2 is 1.79 bits per heavy atom. The zero-order valence-corrected chi connectivity index (χ0v) is 7.72. The third-order valence-corrected chi connectivity index (χ3v) is 2.08. The van der Waals surface area contributed by atoms with Crippen LogP contribution in [0.5, 0.6) is 0 Å². The predicted octanol–water partition coefficient (Wildman–Crippen LogP) is 0.718. The second kappa shape index (κ2) is 4.07. The topological polar surface area (TPSA) is 33.1 Å². The molecule has 1 aromatic carbocycles. The Labute approximate surface area is 83.5 Å². The van der Waals surface area contributed by atoms with E-state index >= 15 is 0 Å². The average molecular weight is 183 g/mol. The molecule has 0 radical (unpaired) electrons.